The van der Waals surface area contributed by atoms with E-state index in [1.54, 1.807) is 53.2 Å². The fourth-order valence-corrected chi connectivity index (χ4v) is 4.72. The van der Waals surface area contributed by atoms with Gasteiger partial charge in [-0.3, -0.25) is 14.3 Å². The summed E-state index contributed by atoms with van der Waals surface area (Å²) in [5.74, 6) is -2.41. The van der Waals surface area contributed by atoms with Crippen molar-refractivity contribution >= 4 is 39.1 Å². The number of rotatable bonds is 10. The SMILES string of the molecule is CC(C(=O)NS(=O)(=O)CCNC(=O)OCc1ccccc1)c1ccccc1C(=O)c1ccsc1. The molecule has 3 aromatic rings. The first-order valence-corrected chi connectivity index (χ1v) is 13.0. The Morgan fingerprint density at radius 2 is 1.71 bits per heavy atom. The first-order valence-electron chi connectivity index (χ1n) is 10.4. The monoisotopic (exact) mass is 500 g/mol. The van der Waals surface area contributed by atoms with Crippen LogP contribution in [-0.2, 0) is 26.2 Å². The van der Waals surface area contributed by atoms with E-state index in [0.717, 1.165) is 5.56 Å². The molecule has 3 rings (SSSR count). The zero-order valence-electron chi connectivity index (χ0n) is 18.4. The molecular formula is C24H24N2O6S2. The first-order chi connectivity index (χ1) is 16.3. The lowest BCUT2D eigenvalue weighted by Gasteiger charge is -2.16. The second-order valence-electron chi connectivity index (χ2n) is 7.42. The Labute approximate surface area is 202 Å². The normalized spacial score (nSPS) is 11.9. The molecule has 10 heteroatoms. The smallest absolute Gasteiger partial charge is 0.407 e. The topological polar surface area (TPSA) is 119 Å². The number of hydrogen-bond acceptors (Lipinski definition) is 7. The van der Waals surface area contributed by atoms with Crippen LogP contribution in [0.5, 0.6) is 0 Å². The van der Waals surface area contributed by atoms with Gasteiger partial charge in [-0.2, -0.15) is 11.3 Å². The van der Waals surface area contributed by atoms with Crippen molar-refractivity contribution in [2.45, 2.75) is 19.4 Å². The summed E-state index contributed by atoms with van der Waals surface area (Å²) >= 11 is 1.38. The number of nitrogens with one attached hydrogen (secondary N) is 2. The molecule has 1 aromatic heterocycles. The van der Waals surface area contributed by atoms with E-state index in [0.29, 0.717) is 16.7 Å². The summed E-state index contributed by atoms with van der Waals surface area (Å²) in [6.07, 6.45) is -0.764. The number of hydrogen-bond donors (Lipinski definition) is 2. The zero-order valence-corrected chi connectivity index (χ0v) is 20.0. The van der Waals surface area contributed by atoms with Gasteiger partial charge in [0.15, 0.2) is 5.78 Å². The molecule has 34 heavy (non-hydrogen) atoms. The van der Waals surface area contributed by atoms with Crippen molar-refractivity contribution in [2.24, 2.45) is 0 Å². The van der Waals surface area contributed by atoms with Crippen LogP contribution in [0.1, 0.15) is 39.9 Å². The Hall–Kier alpha value is -3.50. The van der Waals surface area contributed by atoms with Crippen LogP contribution in [0.25, 0.3) is 0 Å². The van der Waals surface area contributed by atoms with E-state index in [-0.39, 0.29) is 18.9 Å². The molecule has 0 fully saturated rings. The Kier molecular flexibility index (Phi) is 8.55. The lowest BCUT2D eigenvalue weighted by Crippen LogP contribution is -2.39. The summed E-state index contributed by atoms with van der Waals surface area (Å²) in [4.78, 5) is 37.2. The van der Waals surface area contributed by atoms with Gasteiger partial charge < -0.3 is 10.1 Å². The van der Waals surface area contributed by atoms with Gasteiger partial charge in [0.25, 0.3) is 0 Å². The van der Waals surface area contributed by atoms with Crippen LogP contribution in [0, 0.1) is 0 Å². The van der Waals surface area contributed by atoms with Crippen LogP contribution in [0.2, 0.25) is 0 Å². The number of ketones is 1. The van der Waals surface area contributed by atoms with Crippen LogP contribution < -0.4 is 10.0 Å². The fourth-order valence-electron chi connectivity index (χ4n) is 3.13. The number of benzene rings is 2. The van der Waals surface area contributed by atoms with Gasteiger partial charge in [0, 0.05) is 23.1 Å². The maximum atomic E-state index is 12.8. The van der Waals surface area contributed by atoms with E-state index < -0.39 is 33.7 Å². The Balaban J connectivity index is 1.53. The van der Waals surface area contributed by atoms with Gasteiger partial charge in [0.05, 0.1) is 11.7 Å². The van der Waals surface area contributed by atoms with Crippen molar-refractivity contribution in [2.75, 3.05) is 12.3 Å². The molecule has 1 unspecified atom stereocenters. The summed E-state index contributed by atoms with van der Waals surface area (Å²) < 4.78 is 31.7. The highest BCUT2D eigenvalue weighted by molar-refractivity contribution is 7.90. The Morgan fingerprint density at radius 3 is 2.41 bits per heavy atom. The van der Waals surface area contributed by atoms with Gasteiger partial charge in [-0.15, -0.1) is 0 Å². The summed E-state index contributed by atoms with van der Waals surface area (Å²) in [7, 11) is -4.03. The molecule has 2 N–H and O–H groups in total. The van der Waals surface area contributed by atoms with Crippen molar-refractivity contribution in [3.63, 3.8) is 0 Å². The van der Waals surface area contributed by atoms with Crippen LogP contribution in [0.4, 0.5) is 4.79 Å². The van der Waals surface area contributed by atoms with Crippen LogP contribution in [0.15, 0.2) is 71.4 Å². The molecule has 0 aliphatic carbocycles. The maximum Gasteiger partial charge on any atom is 0.407 e. The highest BCUT2D eigenvalue weighted by atomic mass is 32.2. The molecule has 178 valence electrons. The van der Waals surface area contributed by atoms with Crippen molar-refractivity contribution < 1.29 is 27.5 Å². The minimum absolute atomic E-state index is 0.0528. The number of sulfonamides is 1. The van der Waals surface area contributed by atoms with E-state index >= 15 is 0 Å². The summed E-state index contributed by atoms with van der Waals surface area (Å²) in [6.45, 7) is 1.35. The third-order valence-corrected chi connectivity index (χ3v) is 6.89. The molecule has 0 saturated carbocycles. The minimum atomic E-state index is -4.03. The van der Waals surface area contributed by atoms with Gasteiger partial charge in [-0.25, -0.2) is 13.2 Å². The number of amides is 2. The molecule has 8 nitrogen and oxygen atoms in total. The zero-order chi connectivity index (χ0) is 24.6. The van der Waals surface area contributed by atoms with Gasteiger partial charge in [0.2, 0.25) is 15.9 Å². The maximum absolute atomic E-state index is 12.8. The van der Waals surface area contributed by atoms with Crippen molar-refractivity contribution in [3.8, 4) is 0 Å². The molecule has 1 heterocycles. The van der Waals surface area contributed by atoms with Crippen molar-refractivity contribution in [1.29, 1.82) is 0 Å². The van der Waals surface area contributed by atoms with Gasteiger partial charge in [-0.05, 0) is 29.5 Å². The largest absolute Gasteiger partial charge is 0.445 e. The predicted octanol–water partition coefficient (Wildman–Crippen LogP) is 3.46. The second kappa shape index (κ2) is 11.6. The molecule has 2 aromatic carbocycles. The lowest BCUT2D eigenvalue weighted by molar-refractivity contribution is -0.120. The molecule has 0 spiro atoms. The van der Waals surface area contributed by atoms with Gasteiger partial charge >= 0.3 is 6.09 Å². The second-order valence-corrected chi connectivity index (χ2v) is 10.0. The highest BCUT2D eigenvalue weighted by Gasteiger charge is 2.25. The van der Waals surface area contributed by atoms with Crippen LogP contribution in [-0.4, -0.2) is 38.5 Å². The number of alkyl carbamates (subject to hydrolysis) is 1. The molecule has 1 atom stereocenters. The van der Waals surface area contributed by atoms with E-state index in [9.17, 15) is 22.8 Å². The van der Waals surface area contributed by atoms with Crippen molar-refractivity contribution in [1.82, 2.24) is 10.0 Å². The Bertz CT molecular complexity index is 1240. The molecule has 0 saturated heterocycles. The first kappa shape index (κ1) is 25.1. The quantitative estimate of drug-likeness (QED) is 0.412. The van der Waals surface area contributed by atoms with Gasteiger partial charge in [0.1, 0.15) is 6.61 Å². The predicted molar refractivity (Wildman–Crippen MR) is 129 cm³/mol. The standard InChI is InChI=1S/C24H24N2O6S2/c1-17(20-9-5-6-10-21(20)22(27)19-11-13-33-16-19)23(28)26-34(30,31)14-12-25-24(29)32-15-18-7-3-2-4-8-18/h2-11,13,16-17H,12,14-15H2,1H3,(H,25,29)(H,26,28). The average Bonchev–Trinajstić information content (AvgIpc) is 3.37. The third-order valence-electron chi connectivity index (χ3n) is 4.96. The van der Waals surface area contributed by atoms with Crippen molar-refractivity contribution in [3.05, 3.63) is 93.7 Å². The average molecular weight is 501 g/mol. The molecule has 0 radical (unpaired) electrons. The number of thiophene rings is 1. The molecular weight excluding hydrogens is 476 g/mol. The summed E-state index contributed by atoms with van der Waals surface area (Å²) in [6, 6.07) is 17.3. The highest BCUT2D eigenvalue weighted by Crippen LogP contribution is 2.24. The molecule has 0 bridgehead atoms. The van der Waals surface area contributed by atoms with Crippen LogP contribution in [0.3, 0.4) is 0 Å². The fraction of sp³-hybridized carbons (Fsp3) is 0.208. The number of carbonyl (C=O) groups excluding carboxylic acids is 3. The molecule has 2 amide bonds. The molecule has 0 aliphatic rings. The minimum Gasteiger partial charge on any atom is -0.445 e. The lowest BCUT2D eigenvalue weighted by atomic mass is 9.91. The molecule has 0 aliphatic heterocycles. The summed E-state index contributed by atoms with van der Waals surface area (Å²) in [5.41, 5.74) is 2.06. The Morgan fingerprint density at radius 1 is 1.00 bits per heavy atom. The number of ether oxygens (including phenoxy) is 1. The van der Waals surface area contributed by atoms with E-state index in [4.69, 9.17) is 4.74 Å². The summed E-state index contributed by atoms with van der Waals surface area (Å²) in [5, 5.41) is 5.84. The van der Waals surface area contributed by atoms with E-state index in [1.165, 1.54) is 18.3 Å². The van der Waals surface area contributed by atoms with E-state index in [1.807, 2.05) is 22.9 Å². The third kappa shape index (κ3) is 7.00. The number of carbonyl (C=O) groups is 3. The van der Waals surface area contributed by atoms with Gasteiger partial charge in [-0.1, -0.05) is 54.6 Å². The van der Waals surface area contributed by atoms with Crippen LogP contribution >= 0.6 is 11.3 Å². The van der Waals surface area contributed by atoms with E-state index in [2.05, 4.69) is 5.32 Å².